The molecular formula is C19H28N4O4. The summed E-state index contributed by atoms with van der Waals surface area (Å²) in [5.74, 6) is 0.505. The summed E-state index contributed by atoms with van der Waals surface area (Å²) >= 11 is 0. The molecule has 1 aromatic heterocycles. The van der Waals surface area contributed by atoms with Crippen LogP contribution in [0.1, 0.15) is 62.5 Å². The van der Waals surface area contributed by atoms with Crippen LogP contribution >= 0.6 is 0 Å². The van der Waals surface area contributed by atoms with E-state index in [2.05, 4.69) is 17.0 Å². The quantitative estimate of drug-likeness (QED) is 0.779. The van der Waals surface area contributed by atoms with E-state index in [1.807, 2.05) is 0 Å². The van der Waals surface area contributed by atoms with Gasteiger partial charge < -0.3 is 14.7 Å². The van der Waals surface area contributed by atoms with Crippen LogP contribution < -0.4 is 0 Å². The lowest BCUT2D eigenvalue weighted by atomic mass is 9.85. The molecule has 1 atom stereocenters. The molecule has 148 valence electrons. The van der Waals surface area contributed by atoms with Crippen LogP contribution in [0.4, 0.5) is 0 Å². The van der Waals surface area contributed by atoms with Crippen molar-refractivity contribution >= 4 is 11.9 Å². The number of carboxylic acids is 1. The van der Waals surface area contributed by atoms with Crippen LogP contribution in [-0.4, -0.2) is 62.4 Å². The molecule has 0 aromatic carbocycles. The van der Waals surface area contributed by atoms with E-state index < -0.39 is 11.6 Å². The maximum absolute atomic E-state index is 12.1. The fourth-order valence-corrected chi connectivity index (χ4v) is 4.96. The maximum atomic E-state index is 12.1. The molecule has 0 unspecified atom stereocenters. The predicted molar refractivity (Wildman–Crippen MR) is 96.2 cm³/mol. The van der Waals surface area contributed by atoms with Crippen LogP contribution in [0.25, 0.3) is 0 Å². The van der Waals surface area contributed by atoms with Crippen molar-refractivity contribution in [2.24, 2.45) is 5.92 Å². The Labute approximate surface area is 158 Å². The van der Waals surface area contributed by atoms with E-state index in [1.165, 1.54) is 4.68 Å². The van der Waals surface area contributed by atoms with E-state index in [9.17, 15) is 14.7 Å². The van der Waals surface area contributed by atoms with Gasteiger partial charge in [0.25, 0.3) is 0 Å². The van der Waals surface area contributed by atoms with Crippen LogP contribution in [-0.2, 0) is 27.3 Å². The van der Waals surface area contributed by atoms with Crippen molar-refractivity contribution in [3.8, 4) is 0 Å². The number of carbonyl (C=O) groups excluding carboxylic acids is 1. The molecule has 1 aliphatic carbocycles. The molecular weight excluding hydrogens is 348 g/mol. The number of hydrogen-bond acceptors (Lipinski definition) is 6. The van der Waals surface area contributed by atoms with Crippen molar-refractivity contribution in [3.05, 3.63) is 11.6 Å². The zero-order valence-corrected chi connectivity index (χ0v) is 15.9. The number of carboxylic acid groups (broad SMARTS) is 1. The molecule has 3 aliphatic rings. The summed E-state index contributed by atoms with van der Waals surface area (Å²) in [6.07, 6.45) is 6.95. The summed E-state index contributed by atoms with van der Waals surface area (Å²) in [5.41, 5.74) is -0.509. The van der Waals surface area contributed by atoms with Crippen molar-refractivity contribution < 1.29 is 19.4 Å². The Morgan fingerprint density at radius 1 is 1.30 bits per heavy atom. The van der Waals surface area contributed by atoms with Gasteiger partial charge in [-0.15, -0.1) is 0 Å². The predicted octanol–water partition coefficient (Wildman–Crippen LogP) is 1.59. The first-order valence-corrected chi connectivity index (χ1v) is 10.0. The van der Waals surface area contributed by atoms with Gasteiger partial charge in [0.15, 0.2) is 5.82 Å². The number of hydrogen-bond donors (Lipinski definition) is 1. The minimum atomic E-state index is -0.947. The molecule has 8 nitrogen and oxygen atoms in total. The second-order valence-corrected chi connectivity index (χ2v) is 8.39. The fourth-order valence-electron chi connectivity index (χ4n) is 4.96. The molecule has 1 saturated carbocycles. The van der Waals surface area contributed by atoms with Crippen molar-refractivity contribution in [3.63, 3.8) is 0 Å². The fraction of sp³-hybridized carbons (Fsp3) is 0.789. The second-order valence-electron chi connectivity index (χ2n) is 8.39. The van der Waals surface area contributed by atoms with Gasteiger partial charge in [-0.1, -0.05) is 0 Å². The minimum Gasteiger partial charge on any atom is -0.480 e. The third-order valence-electron chi connectivity index (χ3n) is 6.42. The molecule has 27 heavy (non-hydrogen) atoms. The standard InChI is InChI=1S/C19H28N4O4/c1-22-8-4-13(5-9-22)10-15-20-18(23(21-15)12-16(24)25)14-11-17(26)27-19(14)6-2-3-7-19/h13-14H,2-12H2,1H3,(H,24,25)/t14-/m0/s1. The molecule has 2 saturated heterocycles. The number of esters is 1. The third kappa shape index (κ3) is 3.72. The Morgan fingerprint density at radius 3 is 2.67 bits per heavy atom. The molecule has 1 aromatic rings. The first-order chi connectivity index (χ1) is 12.9. The highest BCUT2D eigenvalue weighted by Crippen LogP contribution is 2.50. The van der Waals surface area contributed by atoms with E-state index >= 15 is 0 Å². The summed E-state index contributed by atoms with van der Waals surface area (Å²) in [4.78, 5) is 30.5. The highest BCUT2D eigenvalue weighted by atomic mass is 16.6. The number of nitrogens with zero attached hydrogens (tertiary/aromatic N) is 4. The monoisotopic (exact) mass is 376 g/mol. The first kappa shape index (κ1) is 18.4. The summed E-state index contributed by atoms with van der Waals surface area (Å²) in [5, 5.41) is 13.8. The van der Waals surface area contributed by atoms with Crippen molar-refractivity contribution in [2.75, 3.05) is 20.1 Å². The molecule has 3 fully saturated rings. The highest BCUT2D eigenvalue weighted by molar-refractivity contribution is 5.74. The Hall–Kier alpha value is -1.96. The molecule has 1 N–H and O–H groups in total. The van der Waals surface area contributed by atoms with Crippen LogP contribution in [0.5, 0.6) is 0 Å². The number of ether oxygens (including phenoxy) is 1. The lowest BCUT2D eigenvalue weighted by Crippen LogP contribution is -2.32. The second kappa shape index (κ2) is 7.22. The summed E-state index contributed by atoms with van der Waals surface area (Å²) in [6.45, 7) is 1.92. The average Bonchev–Trinajstić information content (AvgIpc) is 3.30. The van der Waals surface area contributed by atoms with Gasteiger partial charge in [0.05, 0.1) is 12.3 Å². The van der Waals surface area contributed by atoms with Gasteiger partial charge in [0.1, 0.15) is 18.0 Å². The Balaban J connectivity index is 1.59. The molecule has 8 heteroatoms. The molecule has 0 amide bonds. The minimum absolute atomic E-state index is 0.189. The van der Waals surface area contributed by atoms with Gasteiger partial charge >= 0.3 is 11.9 Å². The van der Waals surface area contributed by atoms with E-state index in [0.717, 1.165) is 58.0 Å². The van der Waals surface area contributed by atoms with Crippen LogP contribution in [0.15, 0.2) is 0 Å². The van der Waals surface area contributed by atoms with Gasteiger partial charge in [-0.05, 0) is 64.6 Å². The Kier molecular flexibility index (Phi) is 4.92. The van der Waals surface area contributed by atoms with Crippen LogP contribution in [0.2, 0.25) is 0 Å². The van der Waals surface area contributed by atoms with Crippen molar-refractivity contribution in [2.45, 2.75) is 69.4 Å². The van der Waals surface area contributed by atoms with E-state index in [4.69, 9.17) is 9.72 Å². The van der Waals surface area contributed by atoms with Gasteiger partial charge in [-0.3, -0.25) is 9.59 Å². The van der Waals surface area contributed by atoms with Crippen LogP contribution in [0.3, 0.4) is 0 Å². The molecule has 0 bridgehead atoms. The number of carbonyl (C=O) groups is 2. The number of piperidine rings is 1. The van der Waals surface area contributed by atoms with Gasteiger partial charge in [-0.25, -0.2) is 9.67 Å². The first-order valence-electron chi connectivity index (χ1n) is 10.0. The zero-order chi connectivity index (χ0) is 19.0. The average molecular weight is 376 g/mol. The lowest BCUT2D eigenvalue weighted by Gasteiger charge is -2.28. The summed E-state index contributed by atoms with van der Waals surface area (Å²) < 4.78 is 7.23. The SMILES string of the molecule is CN1CCC(Cc2nc([C@@H]3CC(=O)OC34CCCC4)n(CC(=O)O)n2)CC1. The van der Waals surface area contributed by atoms with Gasteiger partial charge in [-0.2, -0.15) is 5.10 Å². The molecule has 2 aliphatic heterocycles. The number of aliphatic carboxylic acids is 1. The molecule has 0 radical (unpaired) electrons. The lowest BCUT2D eigenvalue weighted by molar-refractivity contribution is -0.148. The third-order valence-corrected chi connectivity index (χ3v) is 6.42. The topological polar surface area (TPSA) is 97.6 Å². The highest BCUT2D eigenvalue weighted by Gasteiger charge is 2.53. The smallest absolute Gasteiger partial charge is 0.325 e. The number of rotatable bonds is 5. The van der Waals surface area contributed by atoms with Crippen LogP contribution in [0, 0.1) is 5.92 Å². The molecule has 3 heterocycles. The molecule has 1 spiro atoms. The number of likely N-dealkylation sites (tertiary alicyclic amines) is 1. The largest absolute Gasteiger partial charge is 0.480 e. The summed E-state index contributed by atoms with van der Waals surface area (Å²) in [6, 6.07) is 0. The van der Waals surface area contributed by atoms with Crippen molar-refractivity contribution in [1.29, 1.82) is 0 Å². The number of aromatic nitrogens is 3. The zero-order valence-electron chi connectivity index (χ0n) is 15.9. The van der Waals surface area contributed by atoms with E-state index in [1.54, 1.807) is 0 Å². The van der Waals surface area contributed by atoms with E-state index in [0.29, 0.717) is 17.6 Å². The van der Waals surface area contributed by atoms with E-state index in [-0.39, 0.29) is 24.9 Å². The Bertz CT molecular complexity index is 717. The normalized spacial score (nSPS) is 26.0. The Morgan fingerprint density at radius 2 is 2.00 bits per heavy atom. The van der Waals surface area contributed by atoms with Crippen molar-refractivity contribution in [1.82, 2.24) is 19.7 Å². The summed E-state index contributed by atoms with van der Waals surface area (Å²) in [7, 11) is 2.13. The molecule has 4 rings (SSSR count). The maximum Gasteiger partial charge on any atom is 0.325 e. The van der Waals surface area contributed by atoms with Gasteiger partial charge in [0.2, 0.25) is 0 Å². The van der Waals surface area contributed by atoms with Gasteiger partial charge in [0, 0.05) is 6.42 Å².